The van der Waals surface area contributed by atoms with Crippen LogP contribution in [0.1, 0.15) is 1.43 Å². The molecule has 1 N–H and O–H groups in total. The predicted molar refractivity (Wildman–Crippen MR) is 39.1 cm³/mol. The predicted octanol–water partition coefficient (Wildman–Crippen LogP) is -1.87. The standard InChI is InChI=1S/C4H4S.C2H2O3.K.H/c1-2-4-5-3-1;3-1-2(4)5;;/h1-4H;1H,(H,4,5);;/q;;+1;-1. The molecule has 5 heteroatoms. The number of thiophene rings is 1. The van der Waals surface area contributed by atoms with Crippen LogP contribution in [0.3, 0.4) is 0 Å². The van der Waals surface area contributed by atoms with Crippen LogP contribution in [0.15, 0.2) is 22.9 Å². The van der Waals surface area contributed by atoms with Gasteiger partial charge in [-0.2, -0.15) is 11.3 Å². The van der Waals surface area contributed by atoms with E-state index < -0.39 is 5.97 Å². The molecule has 1 heterocycles. The average molecular weight is 198 g/mol. The minimum Gasteiger partial charge on any atom is -1.00 e. The number of aliphatic carboxylic acids is 1. The van der Waals surface area contributed by atoms with Crippen LogP contribution in [0.5, 0.6) is 0 Å². The maximum Gasteiger partial charge on any atom is 1.00 e. The van der Waals surface area contributed by atoms with Gasteiger partial charge in [0, 0.05) is 0 Å². The normalized spacial score (nSPS) is 6.55. The zero-order chi connectivity index (χ0) is 7.82. The summed E-state index contributed by atoms with van der Waals surface area (Å²) in [6.45, 7) is 0. The van der Waals surface area contributed by atoms with Crippen LogP contribution in [0, 0.1) is 0 Å². The van der Waals surface area contributed by atoms with E-state index in [2.05, 4.69) is 0 Å². The Morgan fingerprint density at radius 1 is 1.45 bits per heavy atom. The van der Waals surface area contributed by atoms with Crippen LogP contribution in [0.4, 0.5) is 0 Å². The zero-order valence-corrected chi connectivity index (χ0v) is 10.00. The first-order chi connectivity index (χ1) is 4.77. The van der Waals surface area contributed by atoms with Gasteiger partial charge in [-0.3, -0.25) is 4.79 Å². The molecular weight excluding hydrogens is 191 g/mol. The smallest absolute Gasteiger partial charge is 1.00 e. The van der Waals surface area contributed by atoms with Crippen LogP contribution >= 0.6 is 11.3 Å². The Balaban J connectivity index is -0.000000116. The number of carbonyl (C=O) groups is 2. The summed E-state index contributed by atoms with van der Waals surface area (Å²) in [6.07, 6.45) is -0.167. The number of rotatable bonds is 1. The molecule has 0 unspecified atom stereocenters. The van der Waals surface area contributed by atoms with E-state index in [1.165, 1.54) is 0 Å². The molecule has 0 bridgehead atoms. The van der Waals surface area contributed by atoms with E-state index in [0.717, 1.165) is 0 Å². The number of carboxylic acid groups (broad SMARTS) is 1. The Labute approximate surface area is 112 Å². The minimum atomic E-state index is -1.43. The molecular formula is C6H7KO3S. The second-order valence-electron chi connectivity index (χ2n) is 1.25. The van der Waals surface area contributed by atoms with E-state index in [4.69, 9.17) is 14.7 Å². The molecule has 1 rings (SSSR count). The van der Waals surface area contributed by atoms with Crippen LogP contribution in [0.25, 0.3) is 0 Å². The molecule has 0 saturated carbocycles. The van der Waals surface area contributed by atoms with Crippen molar-refractivity contribution in [3.8, 4) is 0 Å². The van der Waals surface area contributed by atoms with E-state index in [-0.39, 0.29) is 59.1 Å². The Bertz CT molecular complexity index is 173. The molecule has 0 atom stereocenters. The molecule has 0 amide bonds. The summed E-state index contributed by atoms with van der Waals surface area (Å²) in [5.41, 5.74) is 0. The summed E-state index contributed by atoms with van der Waals surface area (Å²) in [5, 5.41) is 11.4. The fourth-order valence-corrected chi connectivity index (χ4v) is 0.680. The maximum absolute atomic E-state index is 9.00. The van der Waals surface area contributed by atoms with E-state index >= 15 is 0 Å². The first kappa shape index (κ1) is 14.0. The molecule has 3 nitrogen and oxygen atoms in total. The van der Waals surface area contributed by atoms with Gasteiger partial charge in [0.25, 0.3) is 0 Å². The zero-order valence-electron chi connectivity index (χ0n) is 7.06. The van der Waals surface area contributed by atoms with Gasteiger partial charge in [-0.05, 0) is 10.8 Å². The van der Waals surface area contributed by atoms with Crippen molar-refractivity contribution in [2.45, 2.75) is 0 Å². The Morgan fingerprint density at radius 2 is 1.82 bits per heavy atom. The third kappa shape index (κ3) is 13.5. The molecule has 0 spiro atoms. The number of aldehydes is 1. The SMILES string of the molecule is O=CC(=O)O.[H-].[K+].c1ccsc1. The fraction of sp³-hybridized carbons (Fsp3) is 0. The summed E-state index contributed by atoms with van der Waals surface area (Å²) in [6, 6.07) is 4.04. The van der Waals surface area contributed by atoms with Crippen molar-refractivity contribution in [3.63, 3.8) is 0 Å². The number of hydrogen-bond donors (Lipinski definition) is 1. The second kappa shape index (κ2) is 10.5. The average Bonchev–Trinajstić information content (AvgIpc) is 2.43. The molecule has 0 radical (unpaired) electrons. The molecule has 0 aliphatic heterocycles. The molecule has 1 aromatic heterocycles. The van der Waals surface area contributed by atoms with E-state index in [0.29, 0.717) is 0 Å². The van der Waals surface area contributed by atoms with Gasteiger partial charge in [-0.25, -0.2) is 4.79 Å². The van der Waals surface area contributed by atoms with Gasteiger partial charge in [0.15, 0.2) is 0 Å². The van der Waals surface area contributed by atoms with E-state index in [1.807, 2.05) is 22.9 Å². The summed E-state index contributed by atoms with van der Waals surface area (Å²) in [5.74, 6) is -1.43. The molecule has 56 valence electrons. The summed E-state index contributed by atoms with van der Waals surface area (Å²) in [4.78, 5) is 17.9. The van der Waals surface area contributed by atoms with Gasteiger partial charge in [0.1, 0.15) is 0 Å². The van der Waals surface area contributed by atoms with Crippen molar-refractivity contribution in [2.24, 2.45) is 0 Å². The second-order valence-corrected chi connectivity index (χ2v) is 2.07. The summed E-state index contributed by atoms with van der Waals surface area (Å²) < 4.78 is 0. The van der Waals surface area contributed by atoms with Crippen LogP contribution in [-0.4, -0.2) is 17.4 Å². The van der Waals surface area contributed by atoms with Gasteiger partial charge in [0.05, 0.1) is 0 Å². The third-order valence-corrected chi connectivity index (χ3v) is 1.15. The van der Waals surface area contributed by atoms with Gasteiger partial charge >= 0.3 is 57.4 Å². The molecule has 1 aromatic rings. The molecule has 11 heavy (non-hydrogen) atoms. The molecule has 0 aliphatic carbocycles. The van der Waals surface area contributed by atoms with Gasteiger partial charge in [-0.15, -0.1) is 0 Å². The first-order valence-corrected chi connectivity index (χ1v) is 3.37. The van der Waals surface area contributed by atoms with Crippen LogP contribution < -0.4 is 51.4 Å². The van der Waals surface area contributed by atoms with Crippen LogP contribution in [-0.2, 0) is 9.59 Å². The Kier molecular flexibility index (Phi) is 13.4. The molecule has 0 aromatic carbocycles. The number of carboxylic acids is 1. The van der Waals surface area contributed by atoms with Crippen molar-refractivity contribution in [1.82, 2.24) is 0 Å². The molecule has 0 fully saturated rings. The van der Waals surface area contributed by atoms with Gasteiger partial charge < -0.3 is 6.53 Å². The number of hydrogen-bond acceptors (Lipinski definition) is 3. The minimum absolute atomic E-state index is 0. The third-order valence-electron chi connectivity index (χ3n) is 0.526. The fourth-order valence-electron chi connectivity index (χ4n) is 0.227. The van der Waals surface area contributed by atoms with Crippen LogP contribution in [0.2, 0.25) is 0 Å². The molecule has 0 aliphatic rings. The quantitative estimate of drug-likeness (QED) is 0.327. The van der Waals surface area contributed by atoms with Crippen molar-refractivity contribution in [2.75, 3.05) is 0 Å². The van der Waals surface area contributed by atoms with Gasteiger partial charge in [-0.1, -0.05) is 12.1 Å². The Morgan fingerprint density at radius 3 is 1.91 bits per heavy atom. The van der Waals surface area contributed by atoms with E-state index in [1.54, 1.807) is 11.3 Å². The van der Waals surface area contributed by atoms with E-state index in [9.17, 15) is 0 Å². The Hall–Kier alpha value is 0.476. The van der Waals surface area contributed by atoms with Crippen molar-refractivity contribution in [3.05, 3.63) is 22.9 Å². The van der Waals surface area contributed by atoms with Crippen molar-refractivity contribution in [1.29, 1.82) is 0 Å². The largest absolute Gasteiger partial charge is 1.00 e. The summed E-state index contributed by atoms with van der Waals surface area (Å²) >= 11 is 1.71. The number of carbonyl (C=O) groups excluding carboxylic acids is 1. The van der Waals surface area contributed by atoms with Crippen molar-refractivity contribution < 1.29 is 67.5 Å². The summed E-state index contributed by atoms with van der Waals surface area (Å²) in [7, 11) is 0. The molecule has 0 saturated heterocycles. The first-order valence-electron chi connectivity index (χ1n) is 2.42. The maximum atomic E-state index is 9.00. The topological polar surface area (TPSA) is 54.4 Å². The van der Waals surface area contributed by atoms with Crippen molar-refractivity contribution >= 4 is 23.6 Å². The monoisotopic (exact) mass is 198 g/mol. The van der Waals surface area contributed by atoms with Gasteiger partial charge in [0.2, 0.25) is 6.29 Å².